The molecule has 0 aliphatic heterocycles. The fourth-order valence-corrected chi connectivity index (χ4v) is 2.17. The van der Waals surface area contributed by atoms with Crippen molar-refractivity contribution in [1.29, 1.82) is 0 Å². The summed E-state index contributed by atoms with van der Waals surface area (Å²) in [4.78, 5) is 11.9. The van der Waals surface area contributed by atoms with Crippen molar-refractivity contribution < 1.29 is 14.3 Å². The van der Waals surface area contributed by atoms with Gasteiger partial charge in [-0.3, -0.25) is 4.79 Å². The minimum absolute atomic E-state index is 0.170. The van der Waals surface area contributed by atoms with Gasteiger partial charge in [0.05, 0.1) is 12.5 Å². The molecule has 2 rings (SSSR count). The van der Waals surface area contributed by atoms with Crippen molar-refractivity contribution >= 4 is 5.97 Å². The summed E-state index contributed by atoms with van der Waals surface area (Å²) < 4.78 is 10.8. The second kappa shape index (κ2) is 7.48. The summed E-state index contributed by atoms with van der Waals surface area (Å²) in [6.07, 6.45) is 0.720. The van der Waals surface area contributed by atoms with Gasteiger partial charge in [0, 0.05) is 0 Å². The number of carbonyl (C=O) groups is 1. The Kier molecular flexibility index (Phi) is 5.38. The molecule has 1 unspecified atom stereocenters. The van der Waals surface area contributed by atoms with E-state index in [9.17, 15) is 4.79 Å². The number of carbonyl (C=O) groups excluding carboxylic acids is 1. The first-order valence-corrected chi connectivity index (χ1v) is 7.24. The van der Waals surface area contributed by atoms with Gasteiger partial charge in [0.25, 0.3) is 0 Å². The smallest absolute Gasteiger partial charge is 0.313 e. The molecular formula is C18H20O3. The average Bonchev–Trinajstić information content (AvgIpc) is 2.51. The van der Waals surface area contributed by atoms with E-state index in [1.54, 1.807) is 0 Å². The lowest BCUT2D eigenvalue weighted by Crippen LogP contribution is -2.15. The first-order chi connectivity index (χ1) is 10.2. The first-order valence-electron chi connectivity index (χ1n) is 7.24. The van der Waals surface area contributed by atoms with Crippen LogP contribution in [0.3, 0.4) is 0 Å². The van der Waals surface area contributed by atoms with Crippen LogP contribution in [-0.4, -0.2) is 12.6 Å². The fourth-order valence-electron chi connectivity index (χ4n) is 2.17. The molecule has 0 aromatic heterocycles. The fraction of sp³-hybridized carbons (Fsp3) is 0.278. The quantitative estimate of drug-likeness (QED) is 0.731. The van der Waals surface area contributed by atoms with E-state index in [1.807, 2.05) is 68.4 Å². The van der Waals surface area contributed by atoms with Gasteiger partial charge in [0.15, 0.2) is 0 Å². The maximum absolute atomic E-state index is 11.9. The van der Waals surface area contributed by atoms with Crippen molar-refractivity contribution in [3.8, 4) is 11.5 Å². The molecule has 110 valence electrons. The minimum Gasteiger partial charge on any atom is -0.466 e. The van der Waals surface area contributed by atoms with Crippen LogP contribution in [0.1, 0.15) is 31.7 Å². The molecule has 0 fully saturated rings. The van der Waals surface area contributed by atoms with Gasteiger partial charge < -0.3 is 9.47 Å². The zero-order chi connectivity index (χ0) is 15.1. The van der Waals surface area contributed by atoms with Crippen LogP contribution in [0, 0.1) is 0 Å². The van der Waals surface area contributed by atoms with Crippen LogP contribution in [0.25, 0.3) is 0 Å². The maximum atomic E-state index is 11.9. The molecule has 1 atom stereocenters. The van der Waals surface area contributed by atoms with Gasteiger partial charge in [-0.1, -0.05) is 37.3 Å². The molecule has 0 saturated heterocycles. The second-order valence-corrected chi connectivity index (χ2v) is 4.70. The lowest BCUT2D eigenvalue weighted by Gasteiger charge is -2.14. The molecule has 2 aromatic carbocycles. The highest BCUT2D eigenvalue weighted by atomic mass is 16.5. The zero-order valence-electron chi connectivity index (χ0n) is 12.4. The van der Waals surface area contributed by atoms with Crippen LogP contribution in [0.2, 0.25) is 0 Å². The van der Waals surface area contributed by atoms with Crippen molar-refractivity contribution in [3.63, 3.8) is 0 Å². The van der Waals surface area contributed by atoms with Crippen molar-refractivity contribution in [1.82, 2.24) is 0 Å². The number of rotatable bonds is 6. The van der Waals surface area contributed by atoms with E-state index in [1.165, 1.54) is 0 Å². The third kappa shape index (κ3) is 4.09. The van der Waals surface area contributed by atoms with Gasteiger partial charge >= 0.3 is 5.97 Å². The van der Waals surface area contributed by atoms with Crippen LogP contribution in [0.5, 0.6) is 11.5 Å². The topological polar surface area (TPSA) is 35.5 Å². The highest BCUT2D eigenvalue weighted by Gasteiger charge is 2.19. The molecular weight excluding hydrogens is 264 g/mol. The number of para-hydroxylation sites is 1. The van der Waals surface area contributed by atoms with Crippen LogP contribution in [-0.2, 0) is 9.53 Å². The van der Waals surface area contributed by atoms with E-state index in [0.717, 1.165) is 23.5 Å². The predicted molar refractivity (Wildman–Crippen MR) is 82.6 cm³/mol. The predicted octanol–water partition coefficient (Wildman–Crippen LogP) is 4.54. The Morgan fingerprint density at radius 3 is 2.14 bits per heavy atom. The van der Waals surface area contributed by atoms with E-state index in [-0.39, 0.29) is 11.9 Å². The molecule has 0 N–H and O–H groups in total. The standard InChI is InChI=1S/C18H20O3/c1-3-17(18(19)20-4-2)14-10-12-16(13-11-14)21-15-8-6-5-7-9-15/h5-13,17H,3-4H2,1-2H3. The normalized spacial score (nSPS) is 11.7. The summed E-state index contributed by atoms with van der Waals surface area (Å²) in [6, 6.07) is 17.2. The van der Waals surface area contributed by atoms with Crippen molar-refractivity contribution in [2.75, 3.05) is 6.61 Å². The van der Waals surface area contributed by atoms with Gasteiger partial charge in [0.1, 0.15) is 11.5 Å². The Hall–Kier alpha value is -2.29. The Balaban J connectivity index is 2.09. The molecule has 0 aliphatic rings. The van der Waals surface area contributed by atoms with E-state index in [4.69, 9.17) is 9.47 Å². The molecule has 0 heterocycles. The summed E-state index contributed by atoms with van der Waals surface area (Å²) in [5, 5.41) is 0. The van der Waals surface area contributed by atoms with Crippen LogP contribution in [0.15, 0.2) is 54.6 Å². The molecule has 0 saturated carbocycles. The summed E-state index contributed by atoms with van der Waals surface area (Å²) in [7, 11) is 0. The molecule has 0 bridgehead atoms. The van der Waals surface area contributed by atoms with Crippen molar-refractivity contribution in [2.45, 2.75) is 26.2 Å². The Morgan fingerprint density at radius 1 is 0.952 bits per heavy atom. The SMILES string of the molecule is CCOC(=O)C(CC)c1ccc(Oc2ccccc2)cc1. The molecule has 0 radical (unpaired) electrons. The van der Waals surface area contributed by atoms with Crippen molar-refractivity contribution in [2.24, 2.45) is 0 Å². The van der Waals surface area contributed by atoms with E-state index < -0.39 is 0 Å². The van der Waals surface area contributed by atoms with Gasteiger partial charge in [-0.15, -0.1) is 0 Å². The van der Waals surface area contributed by atoms with E-state index in [2.05, 4.69) is 0 Å². The lowest BCUT2D eigenvalue weighted by atomic mass is 9.96. The number of benzene rings is 2. The van der Waals surface area contributed by atoms with E-state index in [0.29, 0.717) is 6.61 Å². The molecule has 2 aromatic rings. The van der Waals surface area contributed by atoms with Gasteiger partial charge in [-0.2, -0.15) is 0 Å². The van der Waals surface area contributed by atoms with E-state index >= 15 is 0 Å². The lowest BCUT2D eigenvalue weighted by molar-refractivity contribution is -0.145. The number of hydrogen-bond acceptors (Lipinski definition) is 3. The molecule has 0 spiro atoms. The molecule has 0 aliphatic carbocycles. The number of hydrogen-bond donors (Lipinski definition) is 0. The summed E-state index contributed by atoms with van der Waals surface area (Å²) in [5.74, 6) is 1.17. The molecule has 3 heteroatoms. The first kappa shape index (κ1) is 15.1. The highest BCUT2D eigenvalue weighted by molar-refractivity contribution is 5.78. The second-order valence-electron chi connectivity index (χ2n) is 4.70. The number of esters is 1. The summed E-state index contributed by atoms with van der Waals surface area (Å²) in [5.41, 5.74) is 0.955. The average molecular weight is 284 g/mol. The number of ether oxygens (including phenoxy) is 2. The largest absolute Gasteiger partial charge is 0.466 e. The van der Waals surface area contributed by atoms with Gasteiger partial charge in [-0.25, -0.2) is 0 Å². The maximum Gasteiger partial charge on any atom is 0.313 e. The molecule has 3 nitrogen and oxygen atoms in total. The van der Waals surface area contributed by atoms with Crippen molar-refractivity contribution in [3.05, 3.63) is 60.2 Å². The van der Waals surface area contributed by atoms with Gasteiger partial charge in [-0.05, 0) is 43.2 Å². The Labute approximate surface area is 125 Å². The van der Waals surface area contributed by atoms with Crippen LogP contribution in [0.4, 0.5) is 0 Å². The Morgan fingerprint density at radius 2 is 1.57 bits per heavy atom. The summed E-state index contributed by atoms with van der Waals surface area (Å²) in [6.45, 7) is 4.21. The molecule has 0 amide bonds. The monoisotopic (exact) mass is 284 g/mol. The summed E-state index contributed by atoms with van der Waals surface area (Å²) >= 11 is 0. The van der Waals surface area contributed by atoms with Crippen LogP contribution >= 0.6 is 0 Å². The Bertz CT molecular complexity index is 561. The molecule has 21 heavy (non-hydrogen) atoms. The minimum atomic E-state index is -0.212. The highest BCUT2D eigenvalue weighted by Crippen LogP contribution is 2.26. The zero-order valence-corrected chi connectivity index (χ0v) is 12.4. The van der Waals surface area contributed by atoms with Gasteiger partial charge in [0.2, 0.25) is 0 Å². The van der Waals surface area contributed by atoms with Crippen LogP contribution < -0.4 is 4.74 Å². The third-order valence-electron chi connectivity index (χ3n) is 3.24. The third-order valence-corrected chi connectivity index (χ3v) is 3.24.